The van der Waals surface area contributed by atoms with E-state index in [4.69, 9.17) is 16.3 Å². The van der Waals surface area contributed by atoms with Crippen LogP contribution in [-0.4, -0.2) is 41.3 Å². The quantitative estimate of drug-likeness (QED) is 0.901. The van der Waals surface area contributed by atoms with Gasteiger partial charge in [-0.1, -0.05) is 18.0 Å². The largest absolute Gasteiger partial charge is 0.491 e. The van der Waals surface area contributed by atoms with Gasteiger partial charge in [-0.3, -0.25) is 4.90 Å². The molecule has 4 heteroatoms. The molecule has 0 saturated carbocycles. The van der Waals surface area contributed by atoms with E-state index >= 15 is 0 Å². The summed E-state index contributed by atoms with van der Waals surface area (Å²) < 4.78 is 5.68. The number of aliphatic hydroxyl groups is 1. The van der Waals surface area contributed by atoms with Crippen LogP contribution in [0.3, 0.4) is 0 Å². The molecular weight excluding hydrogens is 286 g/mol. The predicted octanol–water partition coefficient (Wildman–Crippen LogP) is 3.65. The molecule has 0 aliphatic carbocycles. The summed E-state index contributed by atoms with van der Waals surface area (Å²) in [5, 5.41) is 11.0. The van der Waals surface area contributed by atoms with E-state index in [0.717, 1.165) is 16.3 Å². The lowest BCUT2D eigenvalue weighted by Crippen LogP contribution is -2.48. The summed E-state index contributed by atoms with van der Waals surface area (Å²) in [7, 11) is 0. The molecule has 3 nitrogen and oxygen atoms in total. The molecule has 0 radical (unpaired) electrons. The van der Waals surface area contributed by atoms with Crippen LogP contribution in [0.4, 0.5) is 0 Å². The minimum absolute atomic E-state index is 0.316. The SMILES string of the molecule is Cc1cc(OCC(O)CN2C(C)CCCC2C)ccc1Cl. The van der Waals surface area contributed by atoms with Gasteiger partial charge in [-0.15, -0.1) is 0 Å². The van der Waals surface area contributed by atoms with Crippen LogP contribution in [0, 0.1) is 6.92 Å². The van der Waals surface area contributed by atoms with Gasteiger partial charge < -0.3 is 9.84 Å². The van der Waals surface area contributed by atoms with Gasteiger partial charge in [0.25, 0.3) is 0 Å². The lowest BCUT2D eigenvalue weighted by Gasteiger charge is -2.40. The average Bonchev–Trinajstić information content (AvgIpc) is 2.44. The second-order valence-corrected chi connectivity index (χ2v) is 6.61. The number of aliphatic hydroxyl groups excluding tert-OH is 1. The zero-order valence-corrected chi connectivity index (χ0v) is 13.9. The second kappa shape index (κ2) is 7.48. The van der Waals surface area contributed by atoms with Crippen LogP contribution in [0.1, 0.15) is 38.7 Å². The van der Waals surface area contributed by atoms with E-state index in [1.54, 1.807) is 0 Å². The predicted molar refractivity (Wildman–Crippen MR) is 87.2 cm³/mol. The summed E-state index contributed by atoms with van der Waals surface area (Å²) in [5.41, 5.74) is 0.988. The van der Waals surface area contributed by atoms with Crippen LogP contribution in [0.15, 0.2) is 18.2 Å². The van der Waals surface area contributed by atoms with Gasteiger partial charge in [0.15, 0.2) is 0 Å². The highest BCUT2D eigenvalue weighted by atomic mass is 35.5. The number of likely N-dealkylation sites (tertiary alicyclic amines) is 1. The van der Waals surface area contributed by atoms with Crippen LogP contribution in [0.25, 0.3) is 0 Å². The summed E-state index contributed by atoms with van der Waals surface area (Å²) in [6, 6.07) is 6.66. The lowest BCUT2D eigenvalue weighted by molar-refractivity contribution is 0.0209. The Morgan fingerprint density at radius 1 is 1.33 bits per heavy atom. The number of nitrogens with zero attached hydrogens (tertiary/aromatic N) is 1. The summed E-state index contributed by atoms with van der Waals surface area (Å²) in [4.78, 5) is 2.39. The maximum atomic E-state index is 10.2. The van der Waals surface area contributed by atoms with E-state index in [9.17, 15) is 5.11 Å². The summed E-state index contributed by atoms with van der Waals surface area (Å²) in [6.45, 7) is 7.42. The summed E-state index contributed by atoms with van der Waals surface area (Å²) >= 11 is 5.99. The lowest BCUT2D eigenvalue weighted by atomic mass is 9.97. The molecule has 3 atom stereocenters. The van der Waals surface area contributed by atoms with Gasteiger partial charge in [0, 0.05) is 23.7 Å². The number of halogens is 1. The van der Waals surface area contributed by atoms with Crippen LogP contribution in [0.2, 0.25) is 5.02 Å². The van der Waals surface area contributed by atoms with Gasteiger partial charge in [0.05, 0.1) is 0 Å². The molecule has 1 N–H and O–H groups in total. The molecule has 1 aliphatic heterocycles. The first-order valence-electron chi connectivity index (χ1n) is 7.80. The highest BCUT2D eigenvalue weighted by Crippen LogP contribution is 2.23. The standard InChI is InChI=1S/C17H26ClNO2/c1-12-9-16(7-8-17(12)18)21-11-15(20)10-19-13(2)5-4-6-14(19)3/h7-9,13-15,20H,4-6,10-11H2,1-3H3. The van der Waals surface area contributed by atoms with E-state index in [-0.39, 0.29) is 0 Å². The maximum absolute atomic E-state index is 10.2. The monoisotopic (exact) mass is 311 g/mol. The third-order valence-corrected chi connectivity index (χ3v) is 4.79. The number of β-amino-alcohol motifs (C(OH)–C–C–N with tert-alkyl or cyclic N) is 1. The fraction of sp³-hybridized carbons (Fsp3) is 0.647. The number of benzene rings is 1. The molecule has 0 aromatic heterocycles. The van der Waals surface area contributed by atoms with Gasteiger partial charge >= 0.3 is 0 Å². The molecule has 1 fully saturated rings. The summed E-state index contributed by atoms with van der Waals surface area (Å²) in [6.07, 6.45) is 3.25. The van der Waals surface area contributed by atoms with Crippen molar-refractivity contribution in [1.82, 2.24) is 4.90 Å². The Morgan fingerprint density at radius 3 is 2.62 bits per heavy atom. The number of aryl methyl sites for hydroxylation is 1. The van der Waals surface area contributed by atoms with Crippen molar-refractivity contribution in [1.29, 1.82) is 0 Å². The maximum Gasteiger partial charge on any atom is 0.119 e. The normalized spacial score (nSPS) is 24.8. The smallest absolute Gasteiger partial charge is 0.119 e. The third kappa shape index (κ3) is 4.60. The van der Waals surface area contributed by atoms with Crippen LogP contribution < -0.4 is 4.74 Å². The molecule has 2 rings (SSSR count). The first-order valence-corrected chi connectivity index (χ1v) is 8.18. The van der Waals surface area contributed by atoms with E-state index in [1.807, 2.05) is 25.1 Å². The summed E-state index contributed by atoms with van der Waals surface area (Å²) in [5.74, 6) is 0.760. The van der Waals surface area contributed by atoms with E-state index in [2.05, 4.69) is 18.7 Å². The Hall–Kier alpha value is -0.770. The zero-order valence-electron chi connectivity index (χ0n) is 13.2. The molecule has 1 aromatic carbocycles. The van der Waals surface area contributed by atoms with Crippen molar-refractivity contribution in [3.63, 3.8) is 0 Å². The molecule has 0 bridgehead atoms. The van der Waals surface area contributed by atoms with Crippen molar-refractivity contribution < 1.29 is 9.84 Å². The molecular formula is C17H26ClNO2. The van der Waals surface area contributed by atoms with Gasteiger partial charge in [-0.25, -0.2) is 0 Å². The third-order valence-electron chi connectivity index (χ3n) is 4.37. The van der Waals surface area contributed by atoms with Crippen LogP contribution >= 0.6 is 11.6 Å². The Morgan fingerprint density at radius 2 is 2.00 bits per heavy atom. The van der Waals surface area contributed by atoms with Crippen LogP contribution in [-0.2, 0) is 0 Å². The molecule has 3 unspecified atom stereocenters. The molecule has 21 heavy (non-hydrogen) atoms. The first kappa shape index (κ1) is 16.6. The van der Waals surface area contributed by atoms with Crippen molar-refractivity contribution >= 4 is 11.6 Å². The molecule has 1 heterocycles. The molecule has 118 valence electrons. The van der Waals surface area contributed by atoms with E-state index in [1.165, 1.54) is 19.3 Å². The van der Waals surface area contributed by atoms with Crippen molar-refractivity contribution in [3.05, 3.63) is 28.8 Å². The van der Waals surface area contributed by atoms with Crippen molar-refractivity contribution in [2.75, 3.05) is 13.2 Å². The second-order valence-electron chi connectivity index (χ2n) is 6.20. The number of hydrogen-bond acceptors (Lipinski definition) is 3. The first-order chi connectivity index (χ1) is 9.97. The Bertz CT molecular complexity index is 456. The molecule has 1 aromatic rings. The van der Waals surface area contributed by atoms with Crippen molar-refractivity contribution in [3.8, 4) is 5.75 Å². The Balaban J connectivity index is 1.83. The fourth-order valence-electron chi connectivity index (χ4n) is 3.03. The number of rotatable bonds is 5. The topological polar surface area (TPSA) is 32.7 Å². The van der Waals surface area contributed by atoms with E-state index in [0.29, 0.717) is 25.2 Å². The Kier molecular flexibility index (Phi) is 5.91. The molecule has 1 aliphatic rings. The van der Waals surface area contributed by atoms with Gasteiger partial charge in [0.2, 0.25) is 0 Å². The highest BCUT2D eigenvalue weighted by Gasteiger charge is 2.26. The van der Waals surface area contributed by atoms with Crippen molar-refractivity contribution in [2.24, 2.45) is 0 Å². The average molecular weight is 312 g/mol. The van der Waals surface area contributed by atoms with Gasteiger partial charge in [0.1, 0.15) is 18.5 Å². The van der Waals surface area contributed by atoms with Crippen molar-refractivity contribution in [2.45, 2.75) is 58.2 Å². The molecule has 0 amide bonds. The highest BCUT2D eigenvalue weighted by molar-refractivity contribution is 6.31. The minimum atomic E-state index is -0.469. The Labute approximate surface area is 132 Å². The number of ether oxygens (including phenoxy) is 1. The fourth-order valence-corrected chi connectivity index (χ4v) is 3.15. The van der Waals surface area contributed by atoms with Gasteiger partial charge in [-0.2, -0.15) is 0 Å². The molecule has 0 spiro atoms. The number of hydrogen-bond donors (Lipinski definition) is 1. The minimum Gasteiger partial charge on any atom is -0.491 e. The molecule has 1 saturated heterocycles. The van der Waals surface area contributed by atoms with Crippen LogP contribution in [0.5, 0.6) is 5.75 Å². The van der Waals surface area contributed by atoms with E-state index < -0.39 is 6.10 Å². The number of piperidine rings is 1. The van der Waals surface area contributed by atoms with Gasteiger partial charge in [-0.05, 0) is 57.4 Å². The zero-order chi connectivity index (χ0) is 15.4.